The molecule has 2 heterocycles. The maximum Gasteiger partial charge on any atom is 0.227 e. The molecule has 1 aromatic carbocycles. The molecule has 7 nitrogen and oxygen atoms in total. The zero-order valence-electron chi connectivity index (χ0n) is 17.1. The number of rotatable bonds is 5. The van der Waals surface area contributed by atoms with Crippen LogP contribution in [0.15, 0.2) is 24.3 Å². The summed E-state index contributed by atoms with van der Waals surface area (Å²) in [4.78, 5) is 39.0. The summed E-state index contributed by atoms with van der Waals surface area (Å²) in [7, 11) is 1.67. The lowest BCUT2D eigenvalue weighted by molar-refractivity contribution is -0.129. The molecule has 1 aliphatic carbocycles. The lowest BCUT2D eigenvalue weighted by Crippen LogP contribution is -2.56. The van der Waals surface area contributed by atoms with Crippen LogP contribution in [0.2, 0.25) is 5.02 Å². The maximum absolute atomic E-state index is 12.9. The normalized spacial score (nSPS) is 31.3. The van der Waals surface area contributed by atoms with Crippen molar-refractivity contribution < 1.29 is 19.1 Å². The molecule has 3 fully saturated rings. The van der Waals surface area contributed by atoms with Crippen LogP contribution in [0.5, 0.6) is 0 Å². The first-order valence-corrected chi connectivity index (χ1v) is 11.0. The zero-order chi connectivity index (χ0) is 21.3. The monoisotopic (exact) mass is 433 g/mol. The highest BCUT2D eigenvalue weighted by atomic mass is 35.5. The van der Waals surface area contributed by atoms with E-state index in [1.165, 1.54) is 0 Å². The number of nitrogens with one attached hydrogen (secondary N) is 2. The predicted octanol–water partition coefficient (Wildman–Crippen LogP) is 2.13. The molecule has 2 saturated heterocycles. The van der Waals surface area contributed by atoms with E-state index in [4.69, 9.17) is 16.3 Å². The Morgan fingerprint density at radius 2 is 2.00 bits per heavy atom. The van der Waals surface area contributed by atoms with Crippen LogP contribution in [0.25, 0.3) is 0 Å². The lowest BCUT2D eigenvalue weighted by atomic mass is 9.71. The van der Waals surface area contributed by atoms with Crippen LogP contribution in [0.4, 0.5) is 5.69 Å². The Bertz CT molecular complexity index is 815. The molecular weight excluding hydrogens is 406 g/mol. The van der Waals surface area contributed by atoms with Gasteiger partial charge in [-0.2, -0.15) is 0 Å². The van der Waals surface area contributed by atoms with Crippen molar-refractivity contribution in [1.82, 2.24) is 10.6 Å². The Labute approximate surface area is 181 Å². The van der Waals surface area contributed by atoms with Gasteiger partial charge in [0.25, 0.3) is 0 Å². The Morgan fingerprint density at radius 3 is 2.73 bits per heavy atom. The van der Waals surface area contributed by atoms with Gasteiger partial charge in [0.05, 0.1) is 5.92 Å². The van der Waals surface area contributed by atoms with Gasteiger partial charge in [-0.1, -0.05) is 11.6 Å². The molecule has 4 rings (SSSR count). The number of piperidine rings is 1. The second-order valence-corrected chi connectivity index (χ2v) is 9.09. The van der Waals surface area contributed by atoms with Crippen molar-refractivity contribution in [2.45, 2.75) is 44.2 Å². The summed E-state index contributed by atoms with van der Waals surface area (Å²) < 4.78 is 5.31. The molecule has 0 aromatic heterocycles. The molecule has 5 atom stereocenters. The van der Waals surface area contributed by atoms with Gasteiger partial charge in [-0.25, -0.2) is 0 Å². The summed E-state index contributed by atoms with van der Waals surface area (Å²) >= 11 is 5.93. The van der Waals surface area contributed by atoms with Gasteiger partial charge < -0.3 is 20.3 Å². The van der Waals surface area contributed by atoms with E-state index >= 15 is 0 Å². The van der Waals surface area contributed by atoms with E-state index in [-0.39, 0.29) is 48.1 Å². The number of carbonyl (C=O) groups is 3. The first-order valence-electron chi connectivity index (χ1n) is 10.6. The SMILES string of the molecule is COCC1CC(=O)NC2CC(NC(=O)C3CC(=O)N(c4ccc(Cl)cc4)C3)CCC12. The standard InChI is InChI=1S/C22H28ClN3O4/c1-30-12-14-8-20(27)25-19-10-16(4-7-18(14)19)24-22(29)13-9-21(28)26(11-13)17-5-2-15(23)3-6-17/h2-3,5-6,13-14,16,18-19H,4,7-12H2,1H3,(H,24,29)(H,25,27). The fourth-order valence-electron chi connectivity index (χ4n) is 5.18. The molecule has 0 spiro atoms. The van der Waals surface area contributed by atoms with Crippen LogP contribution < -0.4 is 15.5 Å². The lowest BCUT2D eigenvalue weighted by Gasteiger charge is -2.44. The molecule has 0 bridgehead atoms. The number of fused-ring (bicyclic) bond motifs is 1. The van der Waals surface area contributed by atoms with Crippen LogP contribution in [0.1, 0.15) is 32.1 Å². The van der Waals surface area contributed by atoms with Crippen LogP contribution in [0, 0.1) is 17.8 Å². The number of carbonyl (C=O) groups excluding carboxylic acids is 3. The van der Waals surface area contributed by atoms with Gasteiger partial charge in [-0.15, -0.1) is 0 Å². The molecule has 30 heavy (non-hydrogen) atoms. The fourth-order valence-corrected chi connectivity index (χ4v) is 5.31. The van der Waals surface area contributed by atoms with Gasteiger partial charge in [-0.3, -0.25) is 14.4 Å². The fraction of sp³-hybridized carbons (Fsp3) is 0.591. The quantitative estimate of drug-likeness (QED) is 0.744. The molecule has 1 saturated carbocycles. The van der Waals surface area contributed by atoms with E-state index in [0.717, 1.165) is 24.9 Å². The van der Waals surface area contributed by atoms with Gasteiger partial charge in [-0.05, 0) is 55.4 Å². The number of halogens is 1. The number of benzene rings is 1. The van der Waals surface area contributed by atoms with Gasteiger partial charge in [0, 0.05) is 55.9 Å². The Morgan fingerprint density at radius 1 is 1.23 bits per heavy atom. The highest BCUT2D eigenvalue weighted by Crippen LogP contribution is 2.36. The average Bonchev–Trinajstić information content (AvgIpc) is 3.10. The number of anilines is 1. The van der Waals surface area contributed by atoms with E-state index in [1.54, 1.807) is 36.3 Å². The molecule has 2 aliphatic heterocycles. The van der Waals surface area contributed by atoms with Crippen molar-refractivity contribution in [1.29, 1.82) is 0 Å². The van der Waals surface area contributed by atoms with E-state index in [2.05, 4.69) is 10.6 Å². The minimum atomic E-state index is -0.368. The van der Waals surface area contributed by atoms with Crippen molar-refractivity contribution in [3.8, 4) is 0 Å². The van der Waals surface area contributed by atoms with Crippen molar-refractivity contribution in [3.63, 3.8) is 0 Å². The first-order chi connectivity index (χ1) is 14.4. The molecule has 0 radical (unpaired) electrons. The van der Waals surface area contributed by atoms with Crippen LogP contribution in [0.3, 0.4) is 0 Å². The van der Waals surface area contributed by atoms with Gasteiger partial charge in [0.2, 0.25) is 17.7 Å². The minimum absolute atomic E-state index is 0.0139. The summed E-state index contributed by atoms with van der Waals surface area (Å²) in [6, 6.07) is 7.16. The van der Waals surface area contributed by atoms with Crippen LogP contribution in [-0.4, -0.2) is 50.1 Å². The number of hydrogen-bond donors (Lipinski definition) is 2. The average molecular weight is 434 g/mol. The molecule has 8 heteroatoms. The largest absolute Gasteiger partial charge is 0.384 e. The maximum atomic E-state index is 12.9. The number of amides is 3. The zero-order valence-corrected chi connectivity index (χ0v) is 17.9. The van der Waals surface area contributed by atoms with Crippen LogP contribution >= 0.6 is 11.6 Å². The third-order valence-electron chi connectivity index (χ3n) is 6.66. The van der Waals surface area contributed by atoms with Crippen molar-refractivity contribution in [3.05, 3.63) is 29.3 Å². The van der Waals surface area contributed by atoms with Crippen molar-refractivity contribution >= 4 is 35.0 Å². The third-order valence-corrected chi connectivity index (χ3v) is 6.92. The summed E-state index contributed by atoms with van der Waals surface area (Å²) in [5.41, 5.74) is 0.759. The van der Waals surface area contributed by atoms with Crippen molar-refractivity contribution in [2.75, 3.05) is 25.2 Å². The number of hydrogen-bond acceptors (Lipinski definition) is 4. The first kappa shape index (κ1) is 21.1. The van der Waals surface area contributed by atoms with Crippen molar-refractivity contribution in [2.24, 2.45) is 17.8 Å². The second-order valence-electron chi connectivity index (χ2n) is 8.66. The molecule has 5 unspecified atom stereocenters. The third kappa shape index (κ3) is 4.47. The number of nitrogens with zero attached hydrogens (tertiary/aromatic N) is 1. The number of ether oxygens (including phenoxy) is 1. The summed E-state index contributed by atoms with van der Waals surface area (Å²) in [5.74, 6) is 0.190. The van der Waals surface area contributed by atoms with E-state index in [1.807, 2.05) is 0 Å². The highest BCUT2D eigenvalue weighted by molar-refractivity contribution is 6.30. The Kier molecular flexibility index (Phi) is 6.29. The molecule has 162 valence electrons. The van der Waals surface area contributed by atoms with Gasteiger partial charge in [0.15, 0.2) is 0 Å². The molecule has 3 amide bonds. The Balaban J connectivity index is 1.34. The molecule has 2 N–H and O–H groups in total. The minimum Gasteiger partial charge on any atom is -0.384 e. The van der Waals surface area contributed by atoms with Gasteiger partial charge in [0.1, 0.15) is 0 Å². The molecule has 3 aliphatic rings. The second kappa shape index (κ2) is 8.94. The van der Waals surface area contributed by atoms with E-state index in [0.29, 0.717) is 30.5 Å². The Hall–Kier alpha value is -2.12. The highest BCUT2D eigenvalue weighted by Gasteiger charge is 2.42. The summed E-state index contributed by atoms with van der Waals surface area (Å²) in [5, 5.41) is 6.85. The van der Waals surface area contributed by atoms with Crippen LogP contribution in [-0.2, 0) is 19.1 Å². The molecular formula is C22H28ClN3O4. The smallest absolute Gasteiger partial charge is 0.227 e. The van der Waals surface area contributed by atoms with E-state index < -0.39 is 0 Å². The van der Waals surface area contributed by atoms with E-state index in [9.17, 15) is 14.4 Å². The summed E-state index contributed by atoms with van der Waals surface area (Å²) in [6.07, 6.45) is 3.27. The molecule has 1 aromatic rings. The predicted molar refractivity (Wildman–Crippen MR) is 113 cm³/mol. The number of methoxy groups -OCH3 is 1. The topological polar surface area (TPSA) is 87.7 Å². The van der Waals surface area contributed by atoms with Gasteiger partial charge >= 0.3 is 0 Å². The summed E-state index contributed by atoms with van der Waals surface area (Å²) in [6.45, 7) is 0.966.